The Balaban J connectivity index is -0.000000320. The molecule has 0 saturated heterocycles. The number of hydrogen-bond acceptors (Lipinski definition) is 3. The third-order valence-corrected chi connectivity index (χ3v) is 0.712. The summed E-state index contributed by atoms with van der Waals surface area (Å²) in [4.78, 5) is 19.6. The van der Waals surface area contributed by atoms with E-state index in [4.69, 9.17) is 15.9 Å². The highest BCUT2D eigenvalue weighted by Crippen LogP contribution is 1.86. The van der Waals surface area contributed by atoms with E-state index in [1.807, 2.05) is 0 Å². The van der Waals surface area contributed by atoms with Gasteiger partial charge in [0.2, 0.25) is 0 Å². The number of hydrogen-bond donors (Lipinski definition) is 3. The van der Waals surface area contributed by atoms with Gasteiger partial charge in [-0.25, -0.2) is 0 Å². The lowest BCUT2D eigenvalue weighted by Crippen LogP contribution is -2.32. The molecular formula is C4H9Cl2NO4. The fourth-order valence-electron chi connectivity index (χ4n) is 0.275. The molecule has 0 aliphatic carbocycles. The summed E-state index contributed by atoms with van der Waals surface area (Å²) in [6, 6.07) is -1.29. The average Bonchev–Trinajstić information content (AvgIpc) is 1.63. The Morgan fingerprint density at radius 3 is 1.73 bits per heavy atom. The van der Waals surface area contributed by atoms with Crippen molar-refractivity contribution in [2.75, 3.05) is 0 Å². The molecule has 5 nitrogen and oxygen atoms in total. The van der Waals surface area contributed by atoms with Gasteiger partial charge < -0.3 is 15.9 Å². The van der Waals surface area contributed by atoms with Crippen LogP contribution in [0.15, 0.2) is 0 Å². The first kappa shape index (κ1) is 16.8. The van der Waals surface area contributed by atoms with E-state index in [1.54, 1.807) is 0 Å². The topological polar surface area (TPSA) is 101 Å². The summed E-state index contributed by atoms with van der Waals surface area (Å²) in [7, 11) is 0. The first-order valence-electron chi connectivity index (χ1n) is 2.24. The van der Waals surface area contributed by atoms with Gasteiger partial charge in [0.25, 0.3) is 0 Å². The van der Waals surface area contributed by atoms with Gasteiger partial charge in [0.15, 0.2) is 0 Å². The van der Waals surface area contributed by atoms with Gasteiger partial charge in [-0.1, -0.05) is 0 Å². The van der Waals surface area contributed by atoms with Crippen LogP contribution < -0.4 is 5.73 Å². The first-order valence-corrected chi connectivity index (χ1v) is 2.24. The fourth-order valence-corrected chi connectivity index (χ4v) is 0.275. The summed E-state index contributed by atoms with van der Waals surface area (Å²) in [6.45, 7) is 0. The monoisotopic (exact) mass is 205 g/mol. The second kappa shape index (κ2) is 7.59. The molecule has 68 valence electrons. The second-order valence-electron chi connectivity index (χ2n) is 1.54. The molecule has 0 saturated carbocycles. The number of carboxylic acids is 2. The molecule has 0 aliphatic heterocycles. The van der Waals surface area contributed by atoms with Gasteiger partial charge in [-0.15, -0.1) is 24.8 Å². The predicted octanol–water partition coefficient (Wildman–Crippen LogP) is -0.283. The van der Waals surface area contributed by atoms with Crippen LogP contribution in [0, 0.1) is 0 Å². The van der Waals surface area contributed by atoms with Crippen LogP contribution in [0.1, 0.15) is 6.42 Å². The molecule has 0 spiro atoms. The van der Waals surface area contributed by atoms with E-state index in [0.29, 0.717) is 0 Å². The van der Waals surface area contributed by atoms with Gasteiger partial charge in [-0.2, -0.15) is 0 Å². The highest BCUT2D eigenvalue weighted by Gasteiger charge is 2.14. The number of nitrogens with two attached hydrogens (primary N) is 1. The van der Waals surface area contributed by atoms with E-state index < -0.39 is 24.4 Å². The highest BCUT2D eigenvalue weighted by atomic mass is 35.5. The third kappa shape index (κ3) is 9.48. The van der Waals surface area contributed by atoms with Crippen molar-refractivity contribution in [2.45, 2.75) is 12.5 Å². The Morgan fingerprint density at radius 2 is 1.64 bits per heavy atom. The van der Waals surface area contributed by atoms with Crippen molar-refractivity contribution < 1.29 is 19.8 Å². The Bertz CT molecular complexity index is 140. The quantitative estimate of drug-likeness (QED) is 0.589. The fraction of sp³-hybridized carbons (Fsp3) is 0.500. The van der Waals surface area contributed by atoms with E-state index in [-0.39, 0.29) is 24.8 Å². The lowest BCUT2D eigenvalue weighted by Gasteiger charge is -1.99. The van der Waals surface area contributed by atoms with Crippen LogP contribution in [-0.2, 0) is 9.59 Å². The summed E-state index contributed by atoms with van der Waals surface area (Å²) in [6.07, 6.45) is -0.532. The number of carboxylic acid groups (broad SMARTS) is 2. The lowest BCUT2D eigenvalue weighted by molar-refractivity contribution is -0.144. The molecule has 0 radical (unpaired) electrons. The minimum Gasteiger partial charge on any atom is -0.481 e. The molecule has 0 aliphatic rings. The average molecular weight is 206 g/mol. The molecule has 0 bridgehead atoms. The van der Waals surface area contributed by atoms with Crippen molar-refractivity contribution in [3.63, 3.8) is 0 Å². The molecule has 4 N–H and O–H groups in total. The summed E-state index contributed by atoms with van der Waals surface area (Å²) >= 11 is 0. The maximum Gasteiger partial charge on any atom is 0.321 e. The Labute approximate surface area is 75.4 Å². The third-order valence-electron chi connectivity index (χ3n) is 0.712. The van der Waals surface area contributed by atoms with E-state index in [1.165, 1.54) is 0 Å². The molecule has 0 aromatic heterocycles. The largest absolute Gasteiger partial charge is 0.481 e. The summed E-state index contributed by atoms with van der Waals surface area (Å²) < 4.78 is 0. The number of carbonyl (C=O) groups is 2. The summed E-state index contributed by atoms with van der Waals surface area (Å²) in [5.74, 6) is -2.50. The predicted molar refractivity (Wildman–Crippen MR) is 42.4 cm³/mol. The van der Waals surface area contributed by atoms with Crippen LogP contribution >= 0.6 is 24.8 Å². The molecule has 7 heteroatoms. The molecule has 0 rings (SSSR count). The van der Waals surface area contributed by atoms with Crippen LogP contribution in [0.25, 0.3) is 0 Å². The SMILES string of the molecule is Cl.Cl.NC(CC(=O)O)C(=O)O. The molecule has 11 heavy (non-hydrogen) atoms. The molecule has 0 fully saturated rings. The molecule has 0 aromatic carbocycles. The Hall–Kier alpha value is -0.520. The molecule has 1 atom stereocenters. The normalized spacial score (nSPS) is 10.3. The second-order valence-corrected chi connectivity index (χ2v) is 1.54. The lowest BCUT2D eigenvalue weighted by atomic mass is 10.2. The standard InChI is InChI=1S/C4H7NO4.2ClH/c5-2(4(8)9)1-3(6)7;;/h2H,1,5H2,(H,6,7)(H,8,9);2*1H. The maximum atomic E-state index is 9.85. The highest BCUT2D eigenvalue weighted by molar-refractivity contribution is 5.85. The molecular weight excluding hydrogens is 197 g/mol. The molecule has 0 aromatic rings. The zero-order chi connectivity index (χ0) is 7.44. The number of rotatable bonds is 3. The molecule has 0 heterocycles. The van der Waals surface area contributed by atoms with E-state index in [2.05, 4.69) is 0 Å². The number of aliphatic carboxylic acids is 2. The minimum absolute atomic E-state index is 0. The van der Waals surface area contributed by atoms with Crippen LogP contribution in [0.4, 0.5) is 0 Å². The van der Waals surface area contributed by atoms with E-state index in [9.17, 15) is 9.59 Å². The van der Waals surface area contributed by atoms with Crippen molar-refractivity contribution in [1.29, 1.82) is 0 Å². The minimum atomic E-state index is -1.29. The van der Waals surface area contributed by atoms with Crippen LogP contribution in [0.2, 0.25) is 0 Å². The van der Waals surface area contributed by atoms with Crippen molar-refractivity contribution in [1.82, 2.24) is 0 Å². The van der Waals surface area contributed by atoms with Crippen molar-refractivity contribution >= 4 is 36.8 Å². The summed E-state index contributed by atoms with van der Waals surface area (Å²) in [5.41, 5.74) is 4.84. The molecule has 1 unspecified atom stereocenters. The zero-order valence-corrected chi connectivity index (χ0v) is 7.02. The van der Waals surface area contributed by atoms with Gasteiger partial charge in [0, 0.05) is 0 Å². The number of halogens is 2. The van der Waals surface area contributed by atoms with Gasteiger partial charge in [0.1, 0.15) is 6.04 Å². The van der Waals surface area contributed by atoms with Gasteiger partial charge in [0.05, 0.1) is 6.42 Å². The zero-order valence-electron chi connectivity index (χ0n) is 5.39. The first-order chi connectivity index (χ1) is 4.04. The van der Waals surface area contributed by atoms with Crippen molar-refractivity contribution in [3.8, 4) is 0 Å². The van der Waals surface area contributed by atoms with Crippen molar-refractivity contribution in [2.24, 2.45) is 5.73 Å². The Kier molecular flexibility index (Phi) is 11.6. The van der Waals surface area contributed by atoms with Gasteiger partial charge in [-0.05, 0) is 0 Å². The van der Waals surface area contributed by atoms with Crippen LogP contribution in [-0.4, -0.2) is 28.2 Å². The van der Waals surface area contributed by atoms with Crippen LogP contribution in [0.3, 0.4) is 0 Å². The smallest absolute Gasteiger partial charge is 0.321 e. The maximum absolute atomic E-state index is 9.85. The van der Waals surface area contributed by atoms with E-state index >= 15 is 0 Å². The van der Waals surface area contributed by atoms with Gasteiger partial charge >= 0.3 is 11.9 Å². The van der Waals surface area contributed by atoms with Gasteiger partial charge in [-0.3, -0.25) is 9.59 Å². The van der Waals surface area contributed by atoms with E-state index in [0.717, 1.165) is 0 Å². The van der Waals surface area contributed by atoms with Crippen molar-refractivity contribution in [3.05, 3.63) is 0 Å². The summed E-state index contributed by atoms with van der Waals surface area (Å²) in [5, 5.41) is 16.0. The molecule has 0 amide bonds. The Morgan fingerprint density at radius 1 is 1.27 bits per heavy atom. The van der Waals surface area contributed by atoms with Crippen LogP contribution in [0.5, 0.6) is 0 Å².